The maximum Gasteiger partial charge on any atom is 0.119 e. The molecular weight excluding hydrogens is 322 g/mol. The quantitative estimate of drug-likeness (QED) is 0.661. The average molecular weight is 363 g/mol. The Hall–Kier alpha value is -1.06. The average Bonchev–Trinajstić information content (AvgIpc) is 2.54. The summed E-state index contributed by atoms with van der Waals surface area (Å²) < 4.78 is 11.6. The van der Waals surface area contributed by atoms with Crippen LogP contribution in [-0.4, -0.2) is 24.9 Å². The van der Waals surface area contributed by atoms with Gasteiger partial charge in [-0.15, -0.1) is 0 Å². The maximum absolute atomic E-state index is 5.92. The van der Waals surface area contributed by atoms with E-state index in [4.69, 9.17) is 9.47 Å². The van der Waals surface area contributed by atoms with E-state index in [0.29, 0.717) is 0 Å². The molecule has 1 aliphatic rings. The smallest absolute Gasteiger partial charge is 0.119 e. The summed E-state index contributed by atoms with van der Waals surface area (Å²) in [5.41, 5.74) is 1.42. The second-order valence-electron chi connectivity index (χ2n) is 9.15. The molecule has 2 atom stereocenters. The lowest BCUT2D eigenvalue weighted by atomic mass is 9.73. The first-order chi connectivity index (χ1) is 12.3. The molecule has 1 saturated heterocycles. The molecule has 1 fully saturated rings. The van der Waals surface area contributed by atoms with Gasteiger partial charge in [-0.25, -0.2) is 0 Å². The minimum atomic E-state index is 0.0551. The van der Waals surface area contributed by atoms with Crippen molar-refractivity contribution in [3.05, 3.63) is 29.8 Å². The molecule has 0 aliphatic carbocycles. The Morgan fingerprint density at radius 3 is 2.42 bits per heavy atom. The molecule has 1 aromatic rings. The normalized spacial score (nSPS) is 21.2. The van der Waals surface area contributed by atoms with Crippen LogP contribution in [0.2, 0.25) is 0 Å². The standard InChI is InChI=1S/C23H39NO2/c1-17(2)22(20-12-14-25-23(5,6)15-20)11-13-24-16-19-7-9-21(10-8-19)26-18(3)4/h7-10,17-18,20,22,24H,11-16H2,1-6H3/p+1/t20-,22+/m1/s1. The summed E-state index contributed by atoms with van der Waals surface area (Å²) in [7, 11) is 0. The maximum atomic E-state index is 5.92. The molecule has 0 spiro atoms. The highest BCUT2D eigenvalue weighted by atomic mass is 16.5. The lowest BCUT2D eigenvalue weighted by molar-refractivity contribution is -0.671. The van der Waals surface area contributed by atoms with Gasteiger partial charge in [-0.2, -0.15) is 0 Å². The van der Waals surface area contributed by atoms with Gasteiger partial charge >= 0.3 is 0 Å². The van der Waals surface area contributed by atoms with Gasteiger partial charge in [0.2, 0.25) is 0 Å². The second-order valence-corrected chi connectivity index (χ2v) is 9.15. The van der Waals surface area contributed by atoms with Crippen LogP contribution in [0.3, 0.4) is 0 Å². The van der Waals surface area contributed by atoms with E-state index >= 15 is 0 Å². The van der Waals surface area contributed by atoms with Crippen molar-refractivity contribution in [1.29, 1.82) is 0 Å². The Bertz CT molecular complexity index is 522. The van der Waals surface area contributed by atoms with Gasteiger partial charge in [0.25, 0.3) is 0 Å². The summed E-state index contributed by atoms with van der Waals surface area (Å²) in [6.07, 6.45) is 3.96. The zero-order valence-corrected chi connectivity index (χ0v) is 17.8. The van der Waals surface area contributed by atoms with E-state index in [1.807, 2.05) is 0 Å². The highest BCUT2D eigenvalue weighted by molar-refractivity contribution is 5.26. The van der Waals surface area contributed by atoms with Crippen LogP contribution in [-0.2, 0) is 11.3 Å². The fraction of sp³-hybridized carbons (Fsp3) is 0.739. The summed E-state index contributed by atoms with van der Waals surface area (Å²) in [6.45, 7) is 16.6. The fourth-order valence-electron chi connectivity index (χ4n) is 4.31. The number of hydrogen-bond donors (Lipinski definition) is 1. The lowest BCUT2D eigenvalue weighted by Gasteiger charge is -2.40. The van der Waals surface area contributed by atoms with Crippen molar-refractivity contribution >= 4 is 0 Å². The monoisotopic (exact) mass is 362 g/mol. The number of hydrogen-bond acceptors (Lipinski definition) is 2. The second kappa shape index (κ2) is 9.75. The molecule has 26 heavy (non-hydrogen) atoms. The summed E-state index contributed by atoms with van der Waals surface area (Å²) in [4.78, 5) is 0. The van der Waals surface area contributed by atoms with Gasteiger partial charge in [0.05, 0.1) is 18.2 Å². The number of rotatable bonds is 9. The van der Waals surface area contributed by atoms with Crippen molar-refractivity contribution in [2.24, 2.45) is 17.8 Å². The highest BCUT2D eigenvalue weighted by Crippen LogP contribution is 2.37. The van der Waals surface area contributed by atoms with Crippen molar-refractivity contribution in [3.8, 4) is 5.75 Å². The molecule has 1 aliphatic heterocycles. The van der Waals surface area contributed by atoms with Gasteiger partial charge in [-0.05, 0) is 89.0 Å². The van der Waals surface area contributed by atoms with E-state index in [1.165, 1.54) is 31.4 Å². The van der Waals surface area contributed by atoms with E-state index in [-0.39, 0.29) is 11.7 Å². The number of nitrogens with two attached hydrogens (primary N) is 1. The van der Waals surface area contributed by atoms with Gasteiger partial charge in [0.1, 0.15) is 12.3 Å². The van der Waals surface area contributed by atoms with Gasteiger partial charge in [0, 0.05) is 12.2 Å². The third-order valence-corrected chi connectivity index (χ3v) is 5.58. The molecule has 0 unspecified atom stereocenters. The van der Waals surface area contributed by atoms with Crippen LogP contribution >= 0.6 is 0 Å². The summed E-state index contributed by atoms with van der Waals surface area (Å²) >= 11 is 0. The largest absolute Gasteiger partial charge is 0.491 e. The molecule has 0 amide bonds. The zero-order valence-electron chi connectivity index (χ0n) is 17.8. The predicted octanol–water partition coefficient (Wildman–Crippen LogP) is 4.40. The van der Waals surface area contributed by atoms with Crippen molar-refractivity contribution in [2.75, 3.05) is 13.2 Å². The van der Waals surface area contributed by atoms with Gasteiger partial charge in [0.15, 0.2) is 0 Å². The molecule has 2 rings (SSSR count). The van der Waals surface area contributed by atoms with Gasteiger partial charge in [-0.1, -0.05) is 13.8 Å². The molecule has 1 aromatic carbocycles. The third-order valence-electron chi connectivity index (χ3n) is 5.58. The molecule has 3 nitrogen and oxygen atoms in total. The summed E-state index contributed by atoms with van der Waals surface area (Å²) in [5.74, 6) is 3.32. The molecule has 0 radical (unpaired) electrons. The molecule has 3 heteroatoms. The third kappa shape index (κ3) is 6.92. The Morgan fingerprint density at radius 2 is 1.85 bits per heavy atom. The van der Waals surface area contributed by atoms with E-state index < -0.39 is 0 Å². The van der Waals surface area contributed by atoms with Crippen LogP contribution in [0.5, 0.6) is 5.75 Å². The van der Waals surface area contributed by atoms with Crippen LogP contribution in [0.1, 0.15) is 66.4 Å². The van der Waals surface area contributed by atoms with E-state index in [1.54, 1.807) is 0 Å². The minimum absolute atomic E-state index is 0.0551. The van der Waals surface area contributed by atoms with Crippen LogP contribution < -0.4 is 10.1 Å². The Morgan fingerprint density at radius 1 is 1.15 bits per heavy atom. The van der Waals surface area contributed by atoms with Gasteiger partial charge in [-0.3, -0.25) is 0 Å². The van der Waals surface area contributed by atoms with Crippen LogP contribution in [0.25, 0.3) is 0 Å². The lowest BCUT2D eigenvalue weighted by Crippen LogP contribution is -2.82. The first kappa shape index (κ1) is 21.2. The molecule has 0 saturated carbocycles. The fourth-order valence-corrected chi connectivity index (χ4v) is 4.31. The molecule has 2 N–H and O–H groups in total. The Kier molecular flexibility index (Phi) is 7.97. The predicted molar refractivity (Wildman–Crippen MR) is 108 cm³/mol. The molecular formula is C23H40NO2+. The van der Waals surface area contributed by atoms with Crippen molar-refractivity contribution in [3.63, 3.8) is 0 Å². The summed E-state index contributed by atoms with van der Waals surface area (Å²) in [5, 5.41) is 2.46. The molecule has 0 bridgehead atoms. The van der Waals surface area contributed by atoms with Crippen molar-refractivity contribution in [1.82, 2.24) is 0 Å². The number of quaternary nitrogens is 1. The molecule has 148 valence electrons. The van der Waals surface area contributed by atoms with E-state index in [9.17, 15) is 0 Å². The Balaban J connectivity index is 1.77. The first-order valence-corrected chi connectivity index (χ1v) is 10.5. The first-order valence-electron chi connectivity index (χ1n) is 10.5. The number of ether oxygens (including phenoxy) is 2. The Labute approximate surface area is 160 Å². The van der Waals surface area contributed by atoms with Crippen molar-refractivity contribution in [2.45, 2.75) is 79.1 Å². The van der Waals surface area contributed by atoms with Crippen molar-refractivity contribution < 1.29 is 14.8 Å². The van der Waals surface area contributed by atoms with Gasteiger partial charge < -0.3 is 14.8 Å². The topological polar surface area (TPSA) is 35.1 Å². The van der Waals surface area contributed by atoms with Crippen LogP contribution in [0.15, 0.2) is 24.3 Å². The zero-order chi connectivity index (χ0) is 19.2. The molecule has 1 heterocycles. The van der Waals surface area contributed by atoms with E-state index in [2.05, 4.69) is 71.1 Å². The van der Waals surface area contributed by atoms with Crippen LogP contribution in [0.4, 0.5) is 0 Å². The van der Waals surface area contributed by atoms with E-state index in [0.717, 1.165) is 36.7 Å². The SMILES string of the molecule is CC(C)Oc1ccc(C[NH2+]CC[C@@H](C(C)C)[C@@H]2CCOC(C)(C)C2)cc1. The van der Waals surface area contributed by atoms with Crippen LogP contribution in [0, 0.1) is 17.8 Å². The highest BCUT2D eigenvalue weighted by Gasteiger charge is 2.34. The minimum Gasteiger partial charge on any atom is -0.491 e. The molecule has 0 aromatic heterocycles. The number of benzene rings is 1. The summed E-state index contributed by atoms with van der Waals surface area (Å²) in [6, 6.07) is 8.55.